The normalized spacial score (nSPS) is 13.8. The molecule has 0 heterocycles. The lowest BCUT2D eigenvalue weighted by atomic mass is 10.2. The first-order chi connectivity index (χ1) is 8.43. The Bertz CT molecular complexity index is 468. The summed E-state index contributed by atoms with van der Waals surface area (Å²) < 4.78 is 26.3. The van der Waals surface area contributed by atoms with E-state index in [4.69, 9.17) is 5.11 Å². The number of nitrogens with zero attached hydrogens (tertiary/aromatic N) is 1. The number of hydrogen-bond acceptors (Lipinski definition) is 3. The van der Waals surface area contributed by atoms with Gasteiger partial charge in [-0.2, -0.15) is 4.31 Å². The lowest BCUT2D eigenvalue weighted by molar-refractivity contribution is 0.229. The third kappa shape index (κ3) is 3.31. The fourth-order valence-electron chi connectivity index (χ4n) is 1.73. The number of benzene rings is 1. The summed E-state index contributed by atoms with van der Waals surface area (Å²) >= 11 is 0. The van der Waals surface area contributed by atoms with Gasteiger partial charge in [0.15, 0.2) is 0 Å². The molecule has 5 heteroatoms. The number of aryl methyl sites for hydroxylation is 1. The van der Waals surface area contributed by atoms with E-state index in [1.54, 1.807) is 24.3 Å². The maximum Gasteiger partial charge on any atom is 0.243 e. The molecular weight excluding hydrogens is 250 g/mol. The smallest absolute Gasteiger partial charge is 0.243 e. The fraction of sp³-hybridized carbons (Fsp3) is 0.538. The molecule has 1 aromatic carbocycles. The van der Waals surface area contributed by atoms with E-state index >= 15 is 0 Å². The van der Waals surface area contributed by atoms with E-state index in [2.05, 4.69) is 0 Å². The summed E-state index contributed by atoms with van der Waals surface area (Å²) in [6.45, 7) is 5.65. The molecule has 0 fully saturated rings. The quantitative estimate of drug-likeness (QED) is 0.858. The molecule has 0 aromatic heterocycles. The van der Waals surface area contributed by atoms with Crippen LogP contribution in [0.2, 0.25) is 0 Å². The second kappa shape index (κ2) is 6.31. The van der Waals surface area contributed by atoms with Crippen molar-refractivity contribution in [1.29, 1.82) is 0 Å². The van der Waals surface area contributed by atoms with E-state index in [9.17, 15) is 8.42 Å². The van der Waals surface area contributed by atoms with Crippen molar-refractivity contribution in [2.75, 3.05) is 13.2 Å². The number of hydrogen-bond donors (Lipinski definition) is 1. The molecule has 1 atom stereocenters. The predicted molar refractivity (Wildman–Crippen MR) is 71.9 cm³/mol. The molecule has 0 aliphatic heterocycles. The van der Waals surface area contributed by atoms with Gasteiger partial charge in [-0.3, -0.25) is 0 Å². The number of aliphatic hydroxyl groups is 1. The van der Waals surface area contributed by atoms with Crippen molar-refractivity contribution in [1.82, 2.24) is 4.31 Å². The Kier molecular flexibility index (Phi) is 5.31. The Labute approximate surface area is 109 Å². The Morgan fingerprint density at radius 3 is 2.28 bits per heavy atom. The van der Waals surface area contributed by atoms with Crippen LogP contribution in [0.3, 0.4) is 0 Å². The Hall–Kier alpha value is -0.910. The van der Waals surface area contributed by atoms with Crippen molar-refractivity contribution in [2.45, 2.75) is 38.1 Å². The van der Waals surface area contributed by atoms with Crippen molar-refractivity contribution in [3.8, 4) is 0 Å². The number of sulfonamides is 1. The maximum atomic E-state index is 12.4. The van der Waals surface area contributed by atoms with Crippen LogP contribution in [-0.2, 0) is 10.0 Å². The van der Waals surface area contributed by atoms with Crippen LogP contribution in [0.15, 0.2) is 29.2 Å². The van der Waals surface area contributed by atoms with Gasteiger partial charge in [-0.1, -0.05) is 24.6 Å². The van der Waals surface area contributed by atoms with Crippen molar-refractivity contribution >= 4 is 10.0 Å². The van der Waals surface area contributed by atoms with Gasteiger partial charge in [-0.25, -0.2) is 8.42 Å². The summed E-state index contributed by atoms with van der Waals surface area (Å²) in [5, 5.41) is 9.03. The molecule has 0 saturated carbocycles. The Morgan fingerprint density at radius 2 is 1.83 bits per heavy atom. The first kappa shape index (κ1) is 15.1. The first-order valence-electron chi connectivity index (χ1n) is 6.12. The maximum absolute atomic E-state index is 12.4. The van der Waals surface area contributed by atoms with E-state index in [1.807, 2.05) is 20.8 Å². The van der Waals surface area contributed by atoms with Gasteiger partial charge in [-0.15, -0.1) is 0 Å². The Balaban J connectivity index is 3.12. The molecular formula is C13H21NO3S. The zero-order chi connectivity index (χ0) is 13.8. The highest BCUT2D eigenvalue weighted by Crippen LogP contribution is 2.19. The molecule has 0 saturated heterocycles. The highest BCUT2D eigenvalue weighted by molar-refractivity contribution is 7.89. The first-order valence-corrected chi connectivity index (χ1v) is 7.56. The van der Waals surface area contributed by atoms with Crippen LogP contribution in [0.4, 0.5) is 0 Å². The minimum absolute atomic E-state index is 0.122. The highest BCUT2D eigenvalue weighted by Gasteiger charge is 2.27. The number of aliphatic hydroxyl groups excluding tert-OH is 1. The van der Waals surface area contributed by atoms with Gasteiger partial charge in [-0.05, 0) is 32.4 Å². The predicted octanol–water partition coefficient (Wildman–Crippen LogP) is 1.78. The average Bonchev–Trinajstić information content (AvgIpc) is 2.35. The van der Waals surface area contributed by atoms with Crippen LogP contribution in [0.1, 0.15) is 25.8 Å². The molecule has 0 aliphatic carbocycles. The van der Waals surface area contributed by atoms with Crippen molar-refractivity contribution in [3.05, 3.63) is 29.8 Å². The van der Waals surface area contributed by atoms with Crippen molar-refractivity contribution in [3.63, 3.8) is 0 Å². The zero-order valence-corrected chi connectivity index (χ0v) is 11.9. The summed E-state index contributed by atoms with van der Waals surface area (Å²) in [5.41, 5.74) is 1.02. The highest BCUT2D eigenvalue weighted by atomic mass is 32.2. The molecule has 0 radical (unpaired) electrons. The van der Waals surface area contributed by atoms with E-state index in [0.717, 1.165) is 5.56 Å². The van der Waals surface area contributed by atoms with E-state index < -0.39 is 10.0 Å². The van der Waals surface area contributed by atoms with Gasteiger partial charge >= 0.3 is 0 Å². The second-order valence-corrected chi connectivity index (χ2v) is 6.30. The van der Waals surface area contributed by atoms with E-state index in [0.29, 0.717) is 6.42 Å². The van der Waals surface area contributed by atoms with Gasteiger partial charge in [0, 0.05) is 12.6 Å². The van der Waals surface area contributed by atoms with Gasteiger partial charge in [0.25, 0.3) is 0 Å². The lowest BCUT2D eigenvalue weighted by Gasteiger charge is -2.27. The summed E-state index contributed by atoms with van der Waals surface area (Å²) in [7, 11) is -3.52. The molecule has 18 heavy (non-hydrogen) atoms. The van der Waals surface area contributed by atoms with E-state index in [1.165, 1.54) is 4.31 Å². The summed E-state index contributed by atoms with van der Waals surface area (Å²) in [4.78, 5) is 0.279. The SMILES string of the molecule is CCC(C)N(CCO)S(=O)(=O)c1ccc(C)cc1. The largest absolute Gasteiger partial charge is 0.395 e. The number of rotatable bonds is 6. The van der Waals surface area contributed by atoms with Crippen LogP contribution in [0.5, 0.6) is 0 Å². The fourth-order valence-corrected chi connectivity index (χ4v) is 3.42. The molecule has 1 aromatic rings. The lowest BCUT2D eigenvalue weighted by Crippen LogP contribution is -2.40. The van der Waals surface area contributed by atoms with Crippen LogP contribution < -0.4 is 0 Å². The van der Waals surface area contributed by atoms with E-state index in [-0.39, 0.29) is 24.1 Å². The van der Waals surface area contributed by atoms with Crippen LogP contribution >= 0.6 is 0 Å². The molecule has 102 valence electrons. The van der Waals surface area contributed by atoms with Crippen molar-refractivity contribution < 1.29 is 13.5 Å². The topological polar surface area (TPSA) is 57.6 Å². The molecule has 0 bridgehead atoms. The van der Waals surface area contributed by atoms with Gasteiger partial charge in [0.1, 0.15) is 0 Å². The monoisotopic (exact) mass is 271 g/mol. The van der Waals surface area contributed by atoms with Gasteiger partial charge in [0.2, 0.25) is 10.0 Å². The summed E-state index contributed by atoms with van der Waals surface area (Å²) in [5.74, 6) is 0. The standard InChI is InChI=1S/C13H21NO3S/c1-4-12(3)14(9-10-15)18(16,17)13-7-5-11(2)6-8-13/h5-8,12,15H,4,9-10H2,1-3H3. The molecule has 4 nitrogen and oxygen atoms in total. The average molecular weight is 271 g/mol. The minimum Gasteiger partial charge on any atom is -0.395 e. The van der Waals surface area contributed by atoms with Gasteiger partial charge in [0.05, 0.1) is 11.5 Å². The Morgan fingerprint density at radius 1 is 1.28 bits per heavy atom. The summed E-state index contributed by atoms with van der Waals surface area (Å²) in [6, 6.07) is 6.65. The van der Waals surface area contributed by atoms with Crippen LogP contribution in [0, 0.1) is 6.92 Å². The van der Waals surface area contributed by atoms with Crippen molar-refractivity contribution in [2.24, 2.45) is 0 Å². The molecule has 1 unspecified atom stereocenters. The molecule has 0 aliphatic rings. The zero-order valence-electron chi connectivity index (χ0n) is 11.1. The van der Waals surface area contributed by atoms with Crippen LogP contribution in [0.25, 0.3) is 0 Å². The summed E-state index contributed by atoms with van der Waals surface area (Å²) in [6.07, 6.45) is 0.713. The third-order valence-electron chi connectivity index (χ3n) is 3.03. The molecule has 0 amide bonds. The minimum atomic E-state index is -3.52. The van der Waals surface area contributed by atoms with Crippen LogP contribution in [-0.4, -0.2) is 37.0 Å². The second-order valence-electron chi connectivity index (χ2n) is 4.41. The van der Waals surface area contributed by atoms with Gasteiger partial charge < -0.3 is 5.11 Å². The third-order valence-corrected chi connectivity index (χ3v) is 5.06. The molecule has 1 N–H and O–H groups in total. The molecule has 0 spiro atoms. The molecule has 1 rings (SSSR count).